The second-order valence-corrected chi connectivity index (χ2v) is 5.08. The summed E-state index contributed by atoms with van der Waals surface area (Å²) in [4.78, 5) is 22.5. The van der Waals surface area contributed by atoms with Gasteiger partial charge in [-0.1, -0.05) is 0 Å². The van der Waals surface area contributed by atoms with Crippen LogP contribution in [0.15, 0.2) is 18.2 Å². The minimum absolute atomic E-state index is 0.0170. The largest absolute Gasteiger partial charge is 0.496 e. The van der Waals surface area contributed by atoms with Crippen molar-refractivity contribution in [2.75, 3.05) is 19.0 Å². The maximum atomic E-state index is 12.0. The van der Waals surface area contributed by atoms with Crippen LogP contribution in [0, 0.1) is 10.1 Å². The molecule has 2 atom stereocenters. The Hall–Kier alpha value is -2.35. The number of nitrogens with one attached hydrogen (secondary N) is 2. The smallest absolute Gasteiger partial charge is 0.319 e. The van der Waals surface area contributed by atoms with Gasteiger partial charge in [-0.25, -0.2) is 4.79 Å². The first-order valence-electron chi connectivity index (χ1n) is 7.03. The summed E-state index contributed by atoms with van der Waals surface area (Å²) in [6.07, 6.45) is 1.85. The molecule has 1 aromatic rings. The minimum atomic E-state index is -0.568. The molecule has 120 valence electrons. The van der Waals surface area contributed by atoms with Gasteiger partial charge in [-0.2, -0.15) is 0 Å². The van der Waals surface area contributed by atoms with Crippen molar-refractivity contribution in [3.8, 4) is 5.75 Å². The van der Waals surface area contributed by atoms with Crippen molar-refractivity contribution in [2.45, 2.75) is 31.9 Å². The number of ether oxygens (including phenoxy) is 2. The monoisotopic (exact) mass is 309 g/mol. The molecule has 0 aromatic heterocycles. The normalized spacial score (nSPS) is 18.5. The lowest BCUT2D eigenvalue weighted by Crippen LogP contribution is -2.43. The van der Waals surface area contributed by atoms with E-state index in [-0.39, 0.29) is 23.5 Å². The number of amides is 2. The van der Waals surface area contributed by atoms with Crippen LogP contribution in [0.5, 0.6) is 5.75 Å². The Morgan fingerprint density at radius 2 is 2.32 bits per heavy atom. The Balaban J connectivity index is 2.02. The molecule has 2 amide bonds. The summed E-state index contributed by atoms with van der Waals surface area (Å²) in [5.74, 6) is 0.352. The number of anilines is 1. The summed E-state index contributed by atoms with van der Waals surface area (Å²) >= 11 is 0. The van der Waals surface area contributed by atoms with Gasteiger partial charge in [-0.05, 0) is 31.9 Å². The highest BCUT2D eigenvalue weighted by Gasteiger charge is 2.24. The summed E-state index contributed by atoms with van der Waals surface area (Å²) in [6.45, 7) is 2.54. The number of nitro groups is 1. The van der Waals surface area contributed by atoms with Crippen molar-refractivity contribution in [1.82, 2.24) is 5.32 Å². The standard InChI is InChI=1S/C14H19N3O5/c1-9(13-4-3-7-22-13)15-14(18)16-11-6-5-10(21-2)8-12(11)17(19)20/h5-6,8-9,13H,3-4,7H2,1-2H3,(H2,15,16,18). The van der Waals surface area contributed by atoms with Gasteiger partial charge in [0.25, 0.3) is 5.69 Å². The van der Waals surface area contributed by atoms with Crippen molar-refractivity contribution in [3.05, 3.63) is 28.3 Å². The number of carbonyl (C=O) groups excluding carboxylic acids is 1. The minimum Gasteiger partial charge on any atom is -0.496 e. The number of nitro benzene ring substituents is 1. The number of benzene rings is 1. The van der Waals surface area contributed by atoms with E-state index in [9.17, 15) is 14.9 Å². The van der Waals surface area contributed by atoms with Crippen LogP contribution in [0.1, 0.15) is 19.8 Å². The third-order valence-electron chi connectivity index (χ3n) is 3.53. The van der Waals surface area contributed by atoms with Gasteiger partial charge < -0.3 is 20.1 Å². The molecule has 1 aromatic carbocycles. The Labute approximate surface area is 127 Å². The van der Waals surface area contributed by atoms with E-state index in [0.29, 0.717) is 12.4 Å². The lowest BCUT2D eigenvalue weighted by Gasteiger charge is -2.20. The van der Waals surface area contributed by atoms with Crippen LogP contribution in [0.4, 0.5) is 16.2 Å². The number of hydrogen-bond acceptors (Lipinski definition) is 5. The van der Waals surface area contributed by atoms with E-state index < -0.39 is 11.0 Å². The molecule has 1 saturated heterocycles. The maximum Gasteiger partial charge on any atom is 0.319 e. The number of rotatable bonds is 5. The Morgan fingerprint density at radius 1 is 1.55 bits per heavy atom. The fourth-order valence-corrected chi connectivity index (χ4v) is 2.35. The predicted octanol–water partition coefficient (Wildman–Crippen LogP) is 2.29. The molecule has 1 aliphatic rings. The van der Waals surface area contributed by atoms with Crippen molar-refractivity contribution >= 4 is 17.4 Å². The highest BCUT2D eigenvalue weighted by Crippen LogP contribution is 2.28. The number of hydrogen-bond donors (Lipinski definition) is 2. The van der Waals surface area contributed by atoms with Crippen molar-refractivity contribution in [2.24, 2.45) is 0 Å². The molecular formula is C14H19N3O5. The third kappa shape index (κ3) is 3.85. The van der Waals surface area contributed by atoms with Gasteiger partial charge in [0.05, 0.1) is 30.2 Å². The number of nitrogens with zero attached hydrogens (tertiary/aromatic N) is 1. The Bertz CT molecular complexity index is 557. The predicted molar refractivity (Wildman–Crippen MR) is 80.2 cm³/mol. The molecule has 1 fully saturated rings. The summed E-state index contributed by atoms with van der Waals surface area (Å²) in [5.41, 5.74) is -0.109. The van der Waals surface area contributed by atoms with E-state index in [0.717, 1.165) is 12.8 Å². The zero-order valence-electron chi connectivity index (χ0n) is 12.5. The van der Waals surface area contributed by atoms with E-state index in [1.165, 1.54) is 19.2 Å². The zero-order valence-corrected chi connectivity index (χ0v) is 12.5. The van der Waals surface area contributed by atoms with E-state index in [4.69, 9.17) is 9.47 Å². The average Bonchev–Trinajstić information content (AvgIpc) is 3.01. The highest BCUT2D eigenvalue weighted by atomic mass is 16.6. The summed E-state index contributed by atoms with van der Waals surface area (Å²) in [5, 5.41) is 16.3. The molecule has 8 nitrogen and oxygen atoms in total. The molecule has 22 heavy (non-hydrogen) atoms. The van der Waals surface area contributed by atoms with Crippen LogP contribution >= 0.6 is 0 Å². The molecule has 1 heterocycles. The first-order chi connectivity index (χ1) is 10.5. The van der Waals surface area contributed by atoms with Gasteiger partial charge in [0.2, 0.25) is 0 Å². The molecule has 8 heteroatoms. The molecule has 0 spiro atoms. The van der Waals surface area contributed by atoms with Crippen LogP contribution in [-0.4, -0.2) is 36.8 Å². The van der Waals surface area contributed by atoms with Gasteiger partial charge in [0.15, 0.2) is 0 Å². The first kappa shape index (κ1) is 16.0. The molecule has 0 aliphatic carbocycles. The van der Waals surface area contributed by atoms with E-state index in [1.807, 2.05) is 6.92 Å². The molecule has 2 rings (SSSR count). The fourth-order valence-electron chi connectivity index (χ4n) is 2.35. The van der Waals surface area contributed by atoms with Crippen molar-refractivity contribution < 1.29 is 19.2 Å². The van der Waals surface area contributed by atoms with Crippen LogP contribution < -0.4 is 15.4 Å². The van der Waals surface area contributed by atoms with Crippen LogP contribution in [-0.2, 0) is 4.74 Å². The van der Waals surface area contributed by atoms with E-state index in [1.54, 1.807) is 6.07 Å². The molecule has 0 saturated carbocycles. The second-order valence-electron chi connectivity index (χ2n) is 5.08. The fraction of sp³-hybridized carbons (Fsp3) is 0.500. The van der Waals surface area contributed by atoms with Gasteiger partial charge in [0, 0.05) is 6.61 Å². The lowest BCUT2D eigenvalue weighted by atomic mass is 10.1. The first-order valence-corrected chi connectivity index (χ1v) is 7.03. The molecule has 2 N–H and O–H groups in total. The van der Waals surface area contributed by atoms with Crippen LogP contribution in [0.3, 0.4) is 0 Å². The summed E-state index contributed by atoms with van der Waals surface area (Å²) < 4.78 is 10.4. The van der Waals surface area contributed by atoms with Gasteiger partial charge >= 0.3 is 6.03 Å². The molecule has 1 aliphatic heterocycles. The van der Waals surface area contributed by atoms with E-state index >= 15 is 0 Å². The molecule has 0 bridgehead atoms. The number of urea groups is 1. The average molecular weight is 309 g/mol. The quantitative estimate of drug-likeness (QED) is 0.641. The second kappa shape index (κ2) is 7.08. The Kier molecular flexibility index (Phi) is 5.16. The molecule has 0 radical (unpaired) electrons. The highest BCUT2D eigenvalue weighted by molar-refractivity contribution is 5.92. The third-order valence-corrected chi connectivity index (χ3v) is 3.53. The van der Waals surface area contributed by atoms with Gasteiger partial charge in [0.1, 0.15) is 11.4 Å². The summed E-state index contributed by atoms with van der Waals surface area (Å²) in [7, 11) is 1.42. The van der Waals surface area contributed by atoms with E-state index in [2.05, 4.69) is 10.6 Å². The molecule has 2 unspecified atom stereocenters. The van der Waals surface area contributed by atoms with Crippen LogP contribution in [0.2, 0.25) is 0 Å². The zero-order chi connectivity index (χ0) is 16.1. The summed E-state index contributed by atoms with van der Waals surface area (Å²) in [6, 6.07) is 3.58. The lowest BCUT2D eigenvalue weighted by molar-refractivity contribution is -0.384. The Morgan fingerprint density at radius 3 is 2.91 bits per heavy atom. The van der Waals surface area contributed by atoms with Gasteiger partial charge in [-0.3, -0.25) is 10.1 Å². The maximum absolute atomic E-state index is 12.0. The van der Waals surface area contributed by atoms with Crippen molar-refractivity contribution in [3.63, 3.8) is 0 Å². The SMILES string of the molecule is COc1ccc(NC(=O)NC(C)C2CCCO2)c([N+](=O)[O-])c1. The van der Waals surface area contributed by atoms with Crippen LogP contribution in [0.25, 0.3) is 0 Å². The van der Waals surface area contributed by atoms with Crippen molar-refractivity contribution in [1.29, 1.82) is 0 Å². The topological polar surface area (TPSA) is 103 Å². The number of carbonyl (C=O) groups is 1. The van der Waals surface area contributed by atoms with Gasteiger partial charge in [-0.15, -0.1) is 0 Å². The molecular weight excluding hydrogens is 290 g/mol. The number of methoxy groups -OCH3 is 1.